The predicted octanol–water partition coefficient (Wildman–Crippen LogP) is 3.22. The van der Waals surface area contributed by atoms with Crippen LogP contribution in [-0.2, 0) is 44.7 Å². The number of hydrogen-bond acceptors (Lipinski definition) is 12. The topological polar surface area (TPSA) is 144 Å². The van der Waals surface area contributed by atoms with Crippen molar-refractivity contribution in [1.29, 1.82) is 0 Å². The quantitative estimate of drug-likeness (QED) is 0.111. The number of carbonyl (C=O) groups excluding carboxylic acids is 5. The molecule has 1 N–H and O–H groups in total. The molecular weight excluding hydrogens is 670 g/mol. The number of nitrogens with one attached hydrogen (secondary N) is 1. The zero-order valence-electron chi connectivity index (χ0n) is 33.2. The minimum Gasteiger partial charge on any atom is -0.459 e. The highest BCUT2D eigenvalue weighted by Crippen LogP contribution is 2.21. The minimum atomic E-state index is -0.800. The molecule has 2 unspecified atom stereocenters. The molecule has 0 aliphatic carbocycles. The lowest BCUT2D eigenvalue weighted by Gasteiger charge is -2.41. The second-order valence-electron chi connectivity index (χ2n) is 16.6. The van der Waals surface area contributed by atoms with E-state index in [1.807, 2.05) is 68.0 Å². The second kappa shape index (κ2) is 20.0. The molecule has 2 amide bonds. The first-order chi connectivity index (χ1) is 24.1. The second-order valence-corrected chi connectivity index (χ2v) is 16.6. The summed E-state index contributed by atoms with van der Waals surface area (Å²) in [6.07, 6.45) is 0.490. The van der Waals surface area contributed by atoms with E-state index >= 15 is 0 Å². The van der Waals surface area contributed by atoms with Gasteiger partial charge in [-0.1, -0.05) is 30.3 Å². The van der Waals surface area contributed by atoms with Gasteiger partial charge < -0.3 is 24.3 Å². The van der Waals surface area contributed by atoms with E-state index in [2.05, 4.69) is 10.2 Å². The van der Waals surface area contributed by atoms with Gasteiger partial charge in [-0.15, -0.1) is 0 Å². The standard InChI is InChI=1S/C38H63N5O9/c1-36(2,3)50-32(45)24-41-19-18-40(10)31(16-17-39-29-44)26-43(27-34(47)52-38(7,8)9,35(48)49-28-30-14-12-11-13-15-30)23-22-42(21-20-41)25-33(46)51-37(4,5)6/h11-15,29,31H,16-28H2,1-10H3/p+1. The highest BCUT2D eigenvalue weighted by molar-refractivity contribution is 5.74. The Bertz CT molecular complexity index is 1310. The van der Waals surface area contributed by atoms with Gasteiger partial charge in [-0.2, -0.15) is 4.79 Å². The molecule has 14 heteroatoms. The summed E-state index contributed by atoms with van der Waals surface area (Å²) >= 11 is 0. The van der Waals surface area contributed by atoms with Crippen molar-refractivity contribution in [2.24, 2.45) is 0 Å². The SMILES string of the molecule is CN1CCN(CC(=O)OC(C)(C)C)CCN(CC(=O)OC(C)(C)C)CC[N+](CC(=O)OC(C)(C)C)(C(=O)OCc2ccccc2)CC1CCNC=O. The predicted molar refractivity (Wildman–Crippen MR) is 197 cm³/mol. The summed E-state index contributed by atoms with van der Waals surface area (Å²) in [5.41, 5.74) is -1.37. The number of quaternary nitrogens is 1. The van der Waals surface area contributed by atoms with Crippen molar-refractivity contribution in [1.82, 2.24) is 20.0 Å². The maximum atomic E-state index is 14.5. The summed E-state index contributed by atoms with van der Waals surface area (Å²) in [7, 11) is 1.93. The van der Waals surface area contributed by atoms with Gasteiger partial charge in [0.15, 0.2) is 6.54 Å². The first-order valence-corrected chi connectivity index (χ1v) is 18.1. The number of ether oxygens (including phenoxy) is 4. The van der Waals surface area contributed by atoms with Crippen LogP contribution in [0.1, 0.15) is 74.3 Å². The third kappa shape index (κ3) is 17.8. The van der Waals surface area contributed by atoms with Crippen LogP contribution >= 0.6 is 0 Å². The fourth-order valence-electron chi connectivity index (χ4n) is 5.86. The van der Waals surface area contributed by atoms with Crippen molar-refractivity contribution in [2.75, 3.05) is 79.0 Å². The number of benzene rings is 1. The van der Waals surface area contributed by atoms with Gasteiger partial charge in [-0.25, -0.2) is 9.28 Å². The smallest absolute Gasteiger partial charge is 0.459 e. The zero-order valence-corrected chi connectivity index (χ0v) is 33.2. The summed E-state index contributed by atoms with van der Waals surface area (Å²) in [6, 6.07) is 8.98. The Morgan fingerprint density at radius 2 is 1.27 bits per heavy atom. The molecule has 52 heavy (non-hydrogen) atoms. The van der Waals surface area contributed by atoms with E-state index in [1.54, 1.807) is 41.5 Å². The van der Waals surface area contributed by atoms with E-state index in [0.717, 1.165) is 5.56 Å². The highest BCUT2D eigenvalue weighted by Gasteiger charge is 2.45. The summed E-state index contributed by atoms with van der Waals surface area (Å²) in [5.74, 6) is -1.36. The van der Waals surface area contributed by atoms with Gasteiger partial charge in [0.1, 0.15) is 36.5 Å². The molecular formula is C38H64N5O9+. The molecule has 1 aromatic rings. The molecule has 1 saturated heterocycles. The van der Waals surface area contributed by atoms with Gasteiger partial charge >= 0.3 is 24.0 Å². The van der Waals surface area contributed by atoms with Gasteiger partial charge in [-0.3, -0.25) is 29.1 Å². The Morgan fingerprint density at radius 3 is 1.79 bits per heavy atom. The van der Waals surface area contributed by atoms with Crippen LogP contribution in [0.25, 0.3) is 0 Å². The molecule has 1 aliphatic rings. The Kier molecular flexibility index (Phi) is 17.2. The lowest BCUT2D eigenvalue weighted by atomic mass is 10.1. The summed E-state index contributed by atoms with van der Waals surface area (Å²) in [6.45, 7) is 18.4. The number of esters is 3. The van der Waals surface area contributed by atoms with Crippen LogP contribution in [0.2, 0.25) is 0 Å². The molecule has 1 aromatic carbocycles. The number of hydrogen-bond donors (Lipinski definition) is 1. The van der Waals surface area contributed by atoms with Crippen molar-refractivity contribution >= 4 is 30.4 Å². The lowest BCUT2D eigenvalue weighted by molar-refractivity contribution is -0.853. The van der Waals surface area contributed by atoms with Crippen molar-refractivity contribution < 1.29 is 47.4 Å². The van der Waals surface area contributed by atoms with Crippen LogP contribution in [0, 0.1) is 0 Å². The number of likely N-dealkylation sites (N-methyl/N-ethyl adjacent to an activating group) is 1. The molecule has 1 aliphatic heterocycles. The lowest BCUT2D eigenvalue weighted by Crippen LogP contribution is -2.64. The monoisotopic (exact) mass is 734 g/mol. The molecule has 0 spiro atoms. The van der Waals surface area contributed by atoms with Gasteiger partial charge in [0.25, 0.3) is 0 Å². The van der Waals surface area contributed by atoms with Gasteiger partial charge in [0.05, 0.1) is 19.1 Å². The maximum absolute atomic E-state index is 14.5. The van der Waals surface area contributed by atoms with Crippen LogP contribution in [-0.4, -0.2) is 151 Å². The van der Waals surface area contributed by atoms with E-state index in [9.17, 15) is 24.0 Å². The maximum Gasteiger partial charge on any atom is 0.516 e. The fourth-order valence-corrected chi connectivity index (χ4v) is 5.86. The van der Waals surface area contributed by atoms with E-state index in [-0.39, 0.29) is 57.9 Å². The summed E-state index contributed by atoms with van der Waals surface area (Å²) in [4.78, 5) is 71.5. The molecule has 2 atom stereocenters. The molecule has 14 nitrogen and oxygen atoms in total. The Balaban J connectivity index is 2.61. The van der Waals surface area contributed by atoms with Crippen molar-refractivity contribution in [3.8, 4) is 0 Å². The Hall–Kier alpha value is -3.59. The highest BCUT2D eigenvalue weighted by atomic mass is 16.6. The van der Waals surface area contributed by atoms with E-state index < -0.39 is 39.3 Å². The normalized spacial score (nSPS) is 20.5. The van der Waals surface area contributed by atoms with Crippen molar-refractivity contribution in [2.45, 2.75) is 98.2 Å². The van der Waals surface area contributed by atoms with Crippen molar-refractivity contribution in [3.05, 3.63) is 35.9 Å². The van der Waals surface area contributed by atoms with Crippen molar-refractivity contribution in [3.63, 3.8) is 0 Å². The summed E-state index contributed by atoms with van der Waals surface area (Å²) < 4.78 is 22.6. The van der Waals surface area contributed by atoms with Crippen LogP contribution in [0.4, 0.5) is 4.79 Å². The molecule has 294 valence electrons. The van der Waals surface area contributed by atoms with E-state index in [1.165, 1.54) is 0 Å². The number of nitrogens with zero attached hydrogens (tertiary/aromatic N) is 4. The van der Waals surface area contributed by atoms with Crippen LogP contribution < -0.4 is 5.32 Å². The van der Waals surface area contributed by atoms with Gasteiger partial charge in [0, 0.05) is 39.3 Å². The molecule has 1 heterocycles. The minimum absolute atomic E-state index is 0.00242. The molecule has 0 radical (unpaired) electrons. The third-order valence-electron chi connectivity index (χ3n) is 8.22. The molecule has 0 bridgehead atoms. The molecule has 0 saturated carbocycles. The largest absolute Gasteiger partial charge is 0.516 e. The Labute approximate surface area is 310 Å². The zero-order chi connectivity index (χ0) is 39.2. The first kappa shape index (κ1) is 44.6. The van der Waals surface area contributed by atoms with Crippen LogP contribution in [0.3, 0.4) is 0 Å². The molecule has 1 fully saturated rings. The first-order valence-electron chi connectivity index (χ1n) is 18.1. The van der Waals surface area contributed by atoms with Gasteiger partial charge in [0.2, 0.25) is 6.41 Å². The van der Waals surface area contributed by atoms with Crippen LogP contribution in [0.15, 0.2) is 30.3 Å². The molecule has 0 aromatic heterocycles. The van der Waals surface area contributed by atoms with Gasteiger partial charge in [-0.05, 0) is 81.3 Å². The fraction of sp³-hybridized carbons (Fsp3) is 0.711. The van der Waals surface area contributed by atoms with Crippen LogP contribution in [0.5, 0.6) is 0 Å². The average Bonchev–Trinajstić information content (AvgIpc) is 3.00. The number of rotatable bonds is 12. The average molecular weight is 735 g/mol. The van der Waals surface area contributed by atoms with E-state index in [0.29, 0.717) is 45.6 Å². The van der Waals surface area contributed by atoms with E-state index in [4.69, 9.17) is 18.9 Å². The Morgan fingerprint density at radius 1 is 0.769 bits per heavy atom. The third-order valence-corrected chi connectivity index (χ3v) is 8.22. The number of amides is 2. The summed E-state index contributed by atoms with van der Waals surface area (Å²) in [5, 5.41) is 2.73. The number of carbonyl (C=O) groups is 5. The molecule has 2 rings (SSSR count).